The molecule has 0 amide bonds. The minimum Gasteiger partial charge on any atom is -0.502 e. The molecule has 1 aliphatic heterocycles. The highest BCUT2D eigenvalue weighted by atomic mass is 16.6. The van der Waals surface area contributed by atoms with E-state index < -0.39 is 16.7 Å². The Labute approximate surface area is 152 Å². The Hall–Kier alpha value is -2.68. The second-order valence-electron chi connectivity index (χ2n) is 6.23. The second-order valence-corrected chi connectivity index (χ2v) is 6.23. The molecule has 1 aliphatic rings. The van der Waals surface area contributed by atoms with Gasteiger partial charge in [0.1, 0.15) is 12.0 Å². The van der Waals surface area contributed by atoms with Gasteiger partial charge < -0.3 is 14.7 Å². The third kappa shape index (κ3) is 4.69. The quantitative estimate of drug-likeness (QED) is 0.268. The molecule has 2 rings (SSSR count). The number of carbonyl (C=O) groups excluding carboxylic acids is 1. The van der Waals surface area contributed by atoms with E-state index in [-0.39, 0.29) is 17.9 Å². The zero-order chi connectivity index (χ0) is 19.3. The maximum atomic E-state index is 11.6. The molecule has 1 aromatic rings. The van der Waals surface area contributed by atoms with Gasteiger partial charge in [-0.05, 0) is 26.8 Å². The van der Waals surface area contributed by atoms with E-state index in [9.17, 15) is 20.0 Å². The van der Waals surface area contributed by atoms with Crippen LogP contribution in [-0.2, 0) is 9.53 Å². The zero-order valence-corrected chi connectivity index (χ0v) is 15.2. The van der Waals surface area contributed by atoms with E-state index in [0.717, 1.165) is 38.5 Å². The van der Waals surface area contributed by atoms with Crippen molar-refractivity contribution >= 4 is 23.6 Å². The van der Waals surface area contributed by atoms with Crippen molar-refractivity contribution in [3.63, 3.8) is 0 Å². The molecule has 0 atom stereocenters. The molecular weight excluding hydrogens is 340 g/mol. The highest BCUT2D eigenvalue weighted by Gasteiger charge is 2.23. The fraction of sp³-hybridized carbons (Fsp3) is 0.529. The van der Waals surface area contributed by atoms with Crippen molar-refractivity contribution in [3.8, 4) is 0 Å². The number of aliphatic hydroxyl groups is 1. The largest absolute Gasteiger partial charge is 0.502 e. The number of hydrogen-bond donors (Lipinski definition) is 1. The average Bonchev–Trinajstić information content (AvgIpc) is 2.61. The minimum atomic E-state index is -0.925. The maximum absolute atomic E-state index is 11.6. The van der Waals surface area contributed by atoms with Crippen LogP contribution in [-0.4, -0.2) is 64.7 Å². The van der Waals surface area contributed by atoms with Crippen molar-refractivity contribution in [1.29, 1.82) is 0 Å². The molecule has 0 aliphatic carbocycles. The Balaban J connectivity index is 2.27. The highest BCUT2D eigenvalue weighted by Crippen LogP contribution is 2.25. The van der Waals surface area contributed by atoms with Gasteiger partial charge in [0, 0.05) is 38.3 Å². The first-order valence-electron chi connectivity index (χ1n) is 8.54. The fourth-order valence-corrected chi connectivity index (χ4v) is 2.77. The molecule has 1 saturated heterocycles. The van der Waals surface area contributed by atoms with E-state index in [1.807, 2.05) is 4.90 Å². The van der Waals surface area contributed by atoms with Crippen molar-refractivity contribution in [2.45, 2.75) is 26.8 Å². The van der Waals surface area contributed by atoms with Crippen LogP contribution in [0.3, 0.4) is 0 Å². The monoisotopic (exact) mass is 364 g/mol. The van der Waals surface area contributed by atoms with E-state index in [0.29, 0.717) is 11.9 Å². The molecule has 0 spiro atoms. The lowest BCUT2D eigenvalue weighted by Crippen LogP contribution is -2.49. The van der Waals surface area contributed by atoms with Gasteiger partial charge in [-0.15, -0.1) is 0 Å². The number of aliphatic hydroxyl groups excluding tert-OH is 1. The van der Waals surface area contributed by atoms with E-state index in [1.54, 1.807) is 6.92 Å². The molecule has 1 aromatic heterocycles. The van der Waals surface area contributed by atoms with Gasteiger partial charge in [0.15, 0.2) is 0 Å². The number of rotatable bonds is 6. The normalized spacial score (nSPS) is 16.0. The van der Waals surface area contributed by atoms with E-state index in [4.69, 9.17) is 4.74 Å². The first kappa shape index (κ1) is 19.6. The minimum absolute atomic E-state index is 0.0978. The molecule has 9 heteroatoms. The Morgan fingerprint density at radius 3 is 2.62 bits per heavy atom. The Morgan fingerprint density at radius 1 is 1.42 bits per heavy atom. The van der Waals surface area contributed by atoms with Crippen molar-refractivity contribution in [2.75, 3.05) is 37.7 Å². The summed E-state index contributed by atoms with van der Waals surface area (Å²) in [6.45, 7) is 9.22. The van der Waals surface area contributed by atoms with E-state index >= 15 is 0 Å². The number of anilines is 1. The van der Waals surface area contributed by atoms with Crippen LogP contribution in [0.4, 0.5) is 11.5 Å². The number of nitrogens with zero attached hydrogens (tertiary/aromatic N) is 4. The van der Waals surface area contributed by atoms with Crippen molar-refractivity contribution in [1.82, 2.24) is 9.88 Å². The summed E-state index contributed by atoms with van der Waals surface area (Å²) >= 11 is 0. The van der Waals surface area contributed by atoms with Gasteiger partial charge in [-0.2, -0.15) is 0 Å². The number of esters is 1. The summed E-state index contributed by atoms with van der Waals surface area (Å²) in [4.78, 5) is 30.7. The summed E-state index contributed by atoms with van der Waals surface area (Å²) in [5.41, 5.74) is -0.178. The first-order chi connectivity index (χ1) is 12.3. The van der Waals surface area contributed by atoms with Gasteiger partial charge in [-0.25, -0.2) is 9.78 Å². The smallest absolute Gasteiger partial charge is 0.373 e. The Morgan fingerprint density at radius 2 is 2.08 bits per heavy atom. The number of aromatic nitrogens is 1. The number of piperazine rings is 1. The van der Waals surface area contributed by atoms with Crippen molar-refractivity contribution < 1.29 is 19.6 Å². The molecule has 0 saturated carbocycles. The molecule has 0 bridgehead atoms. The summed E-state index contributed by atoms with van der Waals surface area (Å²) in [7, 11) is 0. The fourth-order valence-electron chi connectivity index (χ4n) is 2.77. The standard InChI is InChI=1S/C17H24N4O5/c1-4-26-17(23)15(22)9-13-10-16(18-11-14(13)21(24)25)20-7-5-19(6-8-20)12(2)3/h9-12,22H,4-8H2,1-3H3/b15-9+. The third-order valence-corrected chi connectivity index (χ3v) is 4.24. The van der Waals surface area contributed by atoms with Gasteiger partial charge in [-0.3, -0.25) is 15.0 Å². The molecule has 1 N–H and O–H groups in total. The van der Waals surface area contributed by atoms with Gasteiger partial charge in [0.2, 0.25) is 5.76 Å². The summed E-state index contributed by atoms with van der Waals surface area (Å²) < 4.78 is 4.70. The van der Waals surface area contributed by atoms with Crippen LogP contribution >= 0.6 is 0 Å². The molecule has 0 aromatic carbocycles. The predicted molar refractivity (Wildman–Crippen MR) is 97.1 cm³/mol. The topological polar surface area (TPSA) is 109 Å². The summed E-state index contributed by atoms with van der Waals surface area (Å²) in [6, 6.07) is 1.97. The van der Waals surface area contributed by atoms with Crippen LogP contribution in [0.25, 0.3) is 6.08 Å². The molecular formula is C17H24N4O5. The number of pyridine rings is 1. The van der Waals surface area contributed by atoms with Crippen LogP contribution in [0.2, 0.25) is 0 Å². The van der Waals surface area contributed by atoms with E-state index in [2.05, 4.69) is 23.7 Å². The van der Waals surface area contributed by atoms with E-state index in [1.165, 1.54) is 6.07 Å². The molecule has 9 nitrogen and oxygen atoms in total. The summed E-state index contributed by atoms with van der Waals surface area (Å²) in [6.07, 6.45) is 2.19. The van der Waals surface area contributed by atoms with Gasteiger partial charge in [0.05, 0.1) is 17.1 Å². The lowest BCUT2D eigenvalue weighted by Gasteiger charge is -2.37. The van der Waals surface area contributed by atoms with Crippen LogP contribution in [0.5, 0.6) is 0 Å². The molecule has 26 heavy (non-hydrogen) atoms. The van der Waals surface area contributed by atoms with Crippen LogP contribution in [0, 0.1) is 10.1 Å². The maximum Gasteiger partial charge on any atom is 0.373 e. The number of nitro groups is 1. The Bertz CT molecular complexity index is 696. The summed E-state index contributed by atoms with van der Waals surface area (Å²) in [5.74, 6) is -1.04. The molecule has 2 heterocycles. The molecule has 142 valence electrons. The predicted octanol–water partition coefficient (Wildman–Crippen LogP) is 1.98. The average molecular weight is 364 g/mol. The second kappa shape index (κ2) is 8.61. The number of ether oxygens (including phenoxy) is 1. The lowest BCUT2D eigenvalue weighted by molar-refractivity contribution is -0.385. The van der Waals surface area contributed by atoms with Crippen LogP contribution in [0.15, 0.2) is 18.0 Å². The van der Waals surface area contributed by atoms with Gasteiger partial charge in [-0.1, -0.05) is 0 Å². The van der Waals surface area contributed by atoms with Crippen molar-refractivity contribution in [2.24, 2.45) is 0 Å². The third-order valence-electron chi connectivity index (χ3n) is 4.24. The highest BCUT2D eigenvalue weighted by molar-refractivity contribution is 5.91. The molecule has 0 radical (unpaired) electrons. The van der Waals surface area contributed by atoms with Gasteiger partial charge >= 0.3 is 5.97 Å². The molecule has 1 fully saturated rings. The first-order valence-corrected chi connectivity index (χ1v) is 8.54. The SMILES string of the molecule is CCOC(=O)/C(O)=C\c1cc(N2CCN(C(C)C)CC2)ncc1[N+](=O)[O-]. The van der Waals surface area contributed by atoms with Gasteiger partial charge in [0.25, 0.3) is 5.69 Å². The number of hydrogen-bond acceptors (Lipinski definition) is 8. The van der Waals surface area contributed by atoms with Crippen LogP contribution in [0.1, 0.15) is 26.3 Å². The Kier molecular flexibility index (Phi) is 6.51. The van der Waals surface area contributed by atoms with Crippen LogP contribution < -0.4 is 4.90 Å². The summed E-state index contributed by atoms with van der Waals surface area (Å²) in [5, 5.41) is 21.1. The van der Waals surface area contributed by atoms with Crippen molar-refractivity contribution in [3.05, 3.63) is 33.7 Å². The zero-order valence-electron chi connectivity index (χ0n) is 15.2. The lowest BCUT2D eigenvalue weighted by atomic mass is 10.1. The number of carbonyl (C=O) groups is 1. The molecule has 0 unspecified atom stereocenters.